The minimum absolute atomic E-state index is 0.0839. The molecule has 0 bridgehead atoms. The Kier molecular flexibility index (Phi) is 16.4. The summed E-state index contributed by atoms with van der Waals surface area (Å²) >= 11 is 0. The number of rotatable bonds is 17. The van der Waals surface area contributed by atoms with Gasteiger partial charge in [0.2, 0.25) is 0 Å². The van der Waals surface area contributed by atoms with Crippen LogP contribution in [-0.4, -0.2) is 122 Å². The third-order valence-corrected chi connectivity index (χ3v) is 5.74. The first-order chi connectivity index (χ1) is 21.9. The summed E-state index contributed by atoms with van der Waals surface area (Å²) in [6.07, 6.45) is -15.0. The molecule has 19 nitrogen and oxygen atoms in total. The lowest BCUT2D eigenvalue weighted by molar-refractivity contribution is -0.224. The number of hydrogen-bond acceptors (Lipinski definition) is 19. The summed E-state index contributed by atoms with van der Waals surface area (Å²) in [5.41, 5.74) is 0. The fourth-order valence-corrected chi connectivity index (χ4v) is 4.36. The normalized spacial score (nSPS) is 21.7. The Morgan fingerprint density at radius 3 is 1.51 bits per heavy atom. The SMILES string of the molecule is CC(=O)OC[C@@H](OC(C)=O)[C@@H]1O[C@@H](OC[C@@H](OC(C)=O)[C@H](OC(C)=O)[C@H](OC(C)=O)[C@H](C=O)OC(C)=O)[C@H](OC(C)=O)[C@H]1OC(C)=O. The molecule has 264 valence electrons. The Bertz CT molecular complexity index is 1180. The highest BCUT2D eigenvalue weighted by Gasteiger charge is 2.55. The van der Waals surface area contributed by atoms with Crippen LogP contribution in [0.4, 0.5) is 0 Å². The van der Waals surface area contributed by atoms with Crippen LogP contribution in [-0.2, 0) is 90.5 Å². The Morgan fingerprint density at radius 1 is 0.574 bits per heavy atom. The van der Waals surface area contributed by atoms with E-state index in [9.17, 15) is 43.2 Å². The van der Waals surface area contributed by atoms with Crippen LogP contribution in [0.3, 0.4) is 0 Å². The van der Waals surface area contributed by atoms with Gasteiger partial charge in [0, 0.05) is 55.4 Å². The van der Waals surface area contributed by atoms with Gasteiger partial charge >= 0.3 is 47.8 Å². The molecule has 0 N–H and O–H groups in total. The van der Waals surface area contributed by atoms with Crippen molar-refractivity contribution >= 4 is 54.0 Å². The average molecular weight is 679 g/mol. The van der Waals surface area contributed by atoms with E-state index in [4.69, 9.17) is 47.4 Å². The summed E-state index contributed by atoms with van der Waals surface area (Å²) in [4.78, 5) is 107. The monoisotopic (exact) mass is 678 g/mol. The first-order valence-electron chi connectivity index (χ1n) is 13.9. The zero-order valence-electron chi connectivity index (χ0n) is 26.9. The average Bonchev–Trinajstić information content (AvgIpc) is 3.24. The maximum absolute atomic E-state index is 12.1. The van der Waals surface area contributed by atoms with Gasteiger partial charge in [0.05, 0.1) is 6.61 Å². The summed E-state index contributed by atoms with van der Waals surface area (Å²) < 4.78 is 53.0. The fraction of sp³-hybridized carbons (Fsp3) is 0.679. The van der Waals surface area contributed by atoms with Gasteiger partial charge in [-0.05, 0) is 0 Å². The van der Waals surface area contributed by atoms with Crippen molar-refractivity contribution in [3.05, 3.63) is 0 Å². The van der Waals surface area contributed by atoms with Crippen molar-refractivity contribution in [2.75, 3.05) is 13.2 Å². The highest BCUT2D eigenvalue weighted by Crippen LogP contribution is 2.32. The lowest BCUT2D eigenvalue weighted by atomic mass is 10.0. The summed E-state index contributed by atoms with van der Waals surface area (Å²) in [5, 5.41) is 0. The lowest BCUT2D eigenvalue weighted by Gasteiger charge is -2.34. The van der Waals surface area contributed by atoms with Gasteiger partial charge in [0.15, 0.2) is 55.3 Å². The third kappa shape index (κ3) is 14.1. The van der Waals surface area contributed by atoms with Gasteiger partial charge in [-0.2, -0.15) is 0 Å². The van der Waals surface area contributed by atoms with Gasteiger partial charge in [-0.15, -0.1) is 0 Å². The van der Waals surface area contributed by atoms with Crippen LogP contribution in [0.25, 0.3) is 0 Å². The molecular weight excluding hydrogens is 640 g/mol. The van der Waals surface area contributed by atoms with Gasteiger partial charge in [0.1, 0.15) is 12.7 Å². The minimum atomic E-state index is -1.88. The standard InChI is InChI=1S/C28H38O19/c1-12(30)38-10-21(41-14(3)32)25-26(45-18(7)36)27(46-19(8)37)28(47-25)39-11-22(42-15(4)33)24(44-17(6)35)23(43-16(5)34)20(9-29)40-13(2)31/h9,20-28H,10-11H2,1-8H3/t20-,21+,22+,23+,24-,25-,26-,27+,28+/m0/s1. The predicted molar refractivity (Wildman–Crippen MR) is 146 cm³/mol. The smallest absolute Gasteiger partial charge is 0.303 e. The van der Waals surface area contributed by atoms with E-state index < -0.39 is 116 Å². The number of ether oxygens (including phenoxy) is 10. The molecule has 1 heterocycles. The van der Waals surface area contributed by atoms with Crippen LogP contribution < -0.4 is 0 Å². The van der Waals surface area contributed by atoms with E-state index in [0.717, 1.165) is 55.4 Å². The number of hydrogen-bond donors (Lipinski definition) is 0. The van der Waals surface area contributed by atoms with Gasteiger partial charge in [-0.1, -0.05) is 0 Å². The molecule has 0 saturated carbocycles. The molecule has 9 atom stereocenters. The quantitative estimate of drug-likeness (QED) is 0.102. The van der Waals surface area contributed by atoms with E-state index in [1.54, 1.807) is 0 Å². The topological polar surface area (TPSA) is 246 Å². The molecule has 0 unspecified atom stereocenters. The number of carbonyl (C=O) groups is 9. The van der Waals surface area contributed by atoms with E-state index in [-0.39, 0.29) is 6.29 Å². The van der Waals surface area contributed by atoms with Crippen molar-refractivity contribution in [1.82, 2.24) is 0 Å². The number of carbonyl (C=O) groups excluding carboxylic acids is 9. The molecule has 0 aromatic carbocycles. The van der Waals surface area contributed by atoms with Crippen LogP contribution in [0.2, 0.25) is 0 Å². The fourth-order valence-electron chi connectivity index (χ4n) is 4.36. The van der Waals surface area contributed by atoms with Gasteiger partial charge in [0.25, 0.3) is 0 Å². The van der Waals surface area contributed by atoms with Crippen molar-refractivity contribution in [2.45, 2.75) is 111 Å². The summed E-state index contributed by atoms with van der Waals surface area (Å²) in [5.74, 6) is -7.42. The van der Waals surface area contributed by atoms with Crippen LogP contribution >= 0.6 is 0 Å². The van der Waals surface area contributed by atoms with Crippen molar-refractivity contribution in [1.29, 1.82) is 0 Å². The molecule has 1 saturated heterocycles. The summed E-state index contributed by atoms with van der Waals surface area (Å²) in [6, 6.07) is 0. The Balaban J connectivity index is 3.64. The van der Waals surface area contributed by atoms with E-state index >= 15 is 0 Å². The highest BCUT2D eigenvalue weighted by molar-refractivity contribution is 5.72. The first-order valence-corrected chi connectivity index (χ1v) is 13.9. The zero-order valence-corrected chi connectivity index (χ0v) is 26.9. The Labute approximate surface area is 268 Å². The first kappa shape index (κ1) is 40.4. The molecule has 19 heteroatoms. The van der Waals surface area contributed by atoms with Crippen molar-refractivity contribution in [2.24, 2.45) is 0 Å². The minimum Gasteiger partial charge on any atom is -0.462 e. The van der Waals surface area contributed by atoms with Crippen LogP contribution in [0.5, 0.6) is 0 Å². The zero-order chi connectivity index (χ0) is 36.0. The maximum Gasteiger partial charge on any atom is 0.303 e. The highest BCUT2D eigenvalue weighted by atomic mass is 16.7. The van der Waals surface area contributed by atoms with E-state index in [0.29, 0.717) is 0 Å². The van der Waals surface area contributed by atoms with E-state index in [2.05, 4.69) is 0 Å². The number of aldehydes is 1. The van der Waals surface area contributed by atoms with Crippen molar-refractivity contribution in [3.8, 4) is 0 Å². The molecule has 47 heavy (non-hydrogen) atoms. The predicted octanol–water partition coefficient (Wildman–Crippen LogP) is -0.988. The third-order valence-electron chi connectivity index (χ3n) is 5.74. The van der Waals surface area contributed by atoms with Crippen molar-refractivity contribution in [3.63, 3.8) is 0 Å². The maximum atomic E-state index is 12.1. The molecule has 0 aliphatic carbocycles. The van der Waals surface area contributed by atoms with Gasteiger partial charge < -0.3 is 47.4 Å². The summed E-state index contributed by atoms with van der Waals surface area (Å²) in [6.45, 7) is 6.50. The van der Waals surface area contributed by atoms with Gasteiger partial charge in [-0.3, -0.25) is 43.2 Å². The lowest BCUT2D eigenvalue weighted by Crippen LogP contribution is -2.53. The molecule has 0 aromatic rings. The molecule has 0 amide bonds. The Morgan fingerprint density at radius 2 is 1.06 bits per heavy atom. The second kappa shape index (κ2) is 19.1. The second-order valence-corrected chi connectivity index (χ2v) is 9.91. The van der Waals surface area contributed by atoms with Crippen LogP contribution in [0, 0.1) is 0 Å². The molecular formula is C28H38O19. The number of esters is 8. The van der Waals surface area contributed by atoms with E-state index in [1.807, 2.05) is 0 Å². The molecule has 0 radical (unpaired) electrons. The molecule has 1 aliphatic rings. The Hall–Kier alpha value is -4.65. The van der Waals surface area contributed by atoms with Gasteiger partial charge in [-0.25, -0.2) is 0 Å². The molecule has 0 aromatic heterocycles. The molecule has 1 fully saturated rings. The molecule has 1 rings (SSSR count). The largest absolute Gasteiger partial charge is 0.462 e. The second-order valence-electron chi connectivity index (χ2n) is 9.91. The summed E-state index contributed by atoms with van der Waals surface area (Å²) in [7, 11) is 0. The van der Waals surface area contributed by atoms with Crippen LogP contribution in [0.15, 0.2) is 0 Å². The van der Waals surface area contributed by atoms with Crippen LogP contribution in [0.1, 0.15) is 55.4 Å². The molecule has 0 spiro atoms. The van der Waals surface area contributed by atoms with Crippen molar-refractivity contribution < 1.29 is 90.5 Å². The molecule has 1 aliphatic heterocycles. The van der Waals surface area contributed by atoms with E-state index in [1.165, 1.54) is 0 Å².